The molecule has 0 aliphatic heterocycles. The average molecular weight is 392 g/mol. The molecular formula is C25H28O4. The van der Waals surface area contributed by atoms with E-state index in [-0.39, 0.29) is 5.78 Å². The SMILES string of the molecule is COc1cccc(/C=C2\CC(C)C/C(=C\c3cccc(C)c3OC)C2=O)c1OC. The highest BCUT2D eigenvalue weighted by atomic mass is 16.5. The van der Waals surface area contributed by atoms with Crippen molar-refractivity contribution in [3.05, 3.63) is 64.2 Å². The summed E-state index contributed by atoms with van der Waals surface area (Å²) in [5, 5.41) is 0. The molecular weight excluding hydrogens is 364 g/mol. The van der Waals surface area contributed by atoms with Gasteiger partial charge in [0.15, 0.2) is 17.3 Å². The standard InChI is InChI=1S/C25H28O4/c1-16-12-20(14-18-9-6-8-17(2)24(18)28-4)23(26)21(13-16)15-19-10-7-11-22(27-3)25(19)29-5/h6-11,14-16H,12-13H2,1-5H3/b20-14+,21-15+. The van der Waals surface area contributed by atoms with Crippen LogP contribution in [-0.4, -0.2) is 27.1 Å². The van der Waals surface area contributed by atoms with Crippen LogP contribution >= 0.6 is 0 Å². The maximum Gasteiger partial charge on any atom is 0.185 e. The number of benzene rings is 2. The van der Waals surface area contributed by atoms with E-state index in [9.17, 15) is 4.79 Å². The van der Waals surface area contributed by atoms with Crippen LogP contribution in [0.3, 0.4) is 0 Å². The van der Waals surface area contributed by atoms with Crippen LogP contribution < -0.4 is 14.2 Å². The van der Waals surface area contributed by atoms with Crippen molar-refractivity contribution in [2.75, 3.05) is 21.3 Å². The predicted molar refractivity (Wildman–Crippen MR) is 117 cm³/mol. The highest BCUT2D eigenvalue weighted by Crippen LogP contribution is 2.37. The summed E-state index contributed by atoms with van der Waals surface area (Å²) >= 11 is 0. The Bertz CT molecular complexity index is 969. The van der Waals surface area contributed by atoms with E-state index in [1.54, 1.807) is 21.3 Å². The Hall–Kier alpha value is -3.01. The van der Waals surface area contributed by atoms with Crippen LogP contribution in [0.2, 0.25) is 0 Å². The molecule has 0 N–H and O–H groups in total. The molecule has 1 unspecified atom stereocenters. The first-order valence-electron chi connectivity index (χ1n) is 9.78. The van der Waals surface area contributed by atoms with Crippen molar-refractivity contribution in [3.63, 3.8) is 0 Å². The van der Waals surface area contributed by atoms with Gasteiger partial charge in [0.25, 0.3) is 0 Å². The Labute approximate surface area is 172 Å². The van der Waals surface area contributed by atoms with Gasteiger partial charge in [0.2, 0.25) is 0 Å². The number of ether oxygens (including phenoxy) is 3. The van der Waals surface area contributed by atoms with Gasteiger partial charge in [-0.2, -0.15) is 0 Å². The van der Waals surface area contributed by atoms with E-state index in [1.807, 2.05) is 55.5 Å². The Morgan fingerprint density at radius 3 is 1.93 bits per heavy atom. The Balaban J connectivity index is 2.03. The maximum atomic E-state index is 13.3. The minimum absolute atomic E-state index is 0.0801. The molecule has 2 aromatic rings. The van der Waals surface area contributed by atoms with E-state index < -0.39 is 0 Å². The van der Waals surface area contributed by atoms with Crippen molar-refractivity contribution >= 4 is 17.9 Å². The topological polar surface area (TPSA) is 44.8 Å². The fourth-order valence-electron chi connectivity index (χ4n) is 3.93. The fourth-order valence-corrected chi connectivity index (χ4v) is 3.93. The first kappa shape index (κ1) is 20.7. The molecule has 0 spiro atoms. The lowest BCUT2D eigenvalue weighted by Gasteiger charge is -2.23. The lowest BCUT2D eigenvalue weighted by molar-refractivity contribution is -0.113. The number of hydrogen-bond donors (Lipinski definition) is 0. The number of ketones is 1. The van der Waals surface area contributed by atoms with Gasteiger partial charge in [-0.05, 0) is 49.5 Å². The number of aryl methyl sites for hydroxylation is 1. The van der Waals surface area contributed by atoms with Crippen LogP contribution in [0.1, 0.15) is 36.5 Å². The molecule has 1 aliphatic rings. The smallest absolute Gasteiger partial charge is 0.185 e. The number of Topliss-reactive ketones (excluding diaryl/α,β-unsaturated/α-hetero) is 1. The van der Waals surface area contributed by atoms with Gasteiger partial charge in [0.1, 0.15) is 5.75 Å². The number of carbonyl (C=O) groups excluding carboxylic acids is 1. The highest BCUT2D eigenvalue weighted by molar-refractivity contribution is 6.14. The van der Waals surface area contributed by atoms with Crippen molar-refractivity contribution in [1.82, 2.24) is 0 Å². The molecule has 0 radical (unpaired) electrons. The molecule has 1 atom stereocenters. The number of rotatable bonds is 5. The first-order valence-corrected chi connectivity index (χ1v) is 9.78. The zero-order chi connectivity index (χ0) is 21.0. The van der Waals surface area contributed by atoms with Gasteiger partial charge < -0.3 is 14.2 Å². The van der Waals surface area contributed by atoms with E-state index in [2.05, 4.69) is 6.92 Å². The third-order valence-electron chi connectivity index (χ3n) is 5.26. The normalized spacial score (nSPS) is 19.5. The second kappa shape index (κ2) is 8.99. The number of hydrogen-bond acceptors (Lipinski definition) is 4. The van der Waals surface area contributed by atoms with Gasteiger partial charge in [-0.15, -0.1) is 0 Å². The van der Waals surface area contributed by atoms with Gasteiger partial charge in [-0.3, -0.25) is 4.79 Å². The van der Waals surface area contributed by atoms with E-state index >= 15 is 0 Å². The maximum absolute atomic E-state index is 13.3. The molecule has 4 heteroatoms. The first-order chi connectivity index (χ1) is 14.0. The molecule has 1 saturated carbocycles. The zero-order valence-electron chi connectivity index (χ0n) is 17.7. The molecule has 0 amide bonds. The monoisotopic (exact) mass is 392 g/mol. The van der Waals surface area contributed by atoms with Gasteiger partial charge in [-0.25, -0.2) is 0 Å². The van der Waals surface area contributed by atoms with Crippen molar-refractivity contribution in [1.29, 1.82) is 0 Å². The van der Waals surface area contributed by atoms with E-state index in [1.165, 1.54) is 0 Å². The molecule has 0 saturated heterocycles. The fraction of sp³-hybridized carbons (Fsp3) is 0.320. The van der Waals surface area contributed by atoms with Crippen molar-refractivity contribution in [3.8, 4) is 17.2 Å². The lowest BCUT2D eigenvalue weighted by Crippen LogP contribution is -2.18. The molecule has 3 rings (SSSR count). The number of para-hydroxylation sites is 2. The highest BCUT2D eigenvalue weighted by Gasteiger charge is 2.26. The second-order valence-corrected chi connectivity index (χ2v) is 7.46. The third-order valence-corrected chi connectivity index (χ3v) is 5.26. The van der Waals surface area contributed by atoms with Crippen molar-refractivity contribution in [2.24, 2.45) is 5.92 Å². The number of methoxy groups -OCH3 is 3. The summed E-state index contributed by atoms with van der Waals surface area (Å²) in [4.78, 5) is 13.3. The molecule has 0 heterocycles. The minimum Gasteiger partial charge on any atom is -0.496 e. The van der Waals surface area contributed by atoms with Gasteiger partial charge in [0.05, 0.1) is 21.3 Å². The van der Waals surface area contributed by atoms with E-state index in [0.717, 1.165) is 46.4 Å². The summed E-state index contributed by atoms with van der Waals surface area (Å²) in [6.07, 6.45) is 5.39. The van der Waals surface area contributed by atoms with Crippen molar-refractivity contribution in [2.45, 2.75) is 26.7 Å². The molecule has 29 heavy (non-hydrogen) atoms. The summed E-state index contributed by atoms with van der Waals surface area (Å²) < 4.78 is 16.5. The summed E-state index contributed by atoms with van der Waals surface area (Å²) in [5.41, 5.74) is 4.42. The van der Waals surface area contributed by atoms with Crippen LogP contribution in [0.5, 0.6) is 17.2 Å². The molecule has 2 aromatic carbocycles. The summed E-state index contributed by atoms with van der Waals surface area (Å²) in [6, 6.07) is 11.7. The molecule has 1 aliphatic carbocycles. The quantitative estimate of drug-likeness (QED) is 0.632. The molecule has 0 bridgehead atoms. The molecule has 152 valence electrons. The van der Waals surface area contributed by atoms with Crippen LogP contribution in [0, 0.1) is 12.8 Å². The number of allylic oxidation sites excluding steroid dienone is 2. The van der Waals surface area contributed by atoms with E-state index in [0.29, 0.717) is 17.4 Å². The van der Waals surface area contributed by atoms with Crippen LogP contribution in [0.15, 0.2) is 47.5 Å². The van der Waals surface area contributed by atoms with Crippen LogP contribution in [0.4, 0.5) is 0 Å². The van der Waals surface area contributed by atoms with Gasteiger partial charge in [-0.1, -0.05) is 37.3 Å². The second-order valence-electron chi connectivity index (χ2n) is 7.46. The van der Waals surface area contributed by atoms with Crippen molar-refractivity contribution < 1.29 is 19.0 Å². The molecule has 1 fully saturated rings. The van der Waals surface area contributed by atoms with E-state index in [4.69, 9.17) is 14.2 Å². The number of carbonyl (C=O) groups is 1. The van der Waals surface area contributed by atoms with Gasteiger partial charge >= 0.3 is 0 Å². The zero-order valence-corrected chi connectivity index (χ0v) is 17.7. The summed E-state index contributed by atoms with van der Waals surface area (Å²) in [5.74, 6) is 2.55. The largest absolute Gasteiger partial charge is 0.496 e. The summed E-state index contributed by atoms with van der Waals surface area (Å²) in [6.45, 7) is 4.18. The Morgan fingerprint density at radius 2 is 1.38 bits per heavy atom. The van der Waals surface area contributed by atoms with Gasteiger partial charge in [0, 0.05) is 22.3 Å². The van der Waals surface area contributed by atoms with Crippen LogP contribution in [-0.2, 0) is 4.79 Å². The third kappa shape index (κ3) is 4.37. The minimum atomic E-state index is 0.0801. The summed E-state index contributed by atoms with van der Waals surface area (Å²) in [7, 11) is 4.88. The predicted octanol–water partition coefficient (Wildman–Crippen LogP) is 5.49. The molecule has 4 nitrogen and oxygen atoms in total. The molecule has 0 aromatic heterocycles. The lowest BCUT2D eigenvalue weighted by atomic mass is 9.80. The average Bonchev–Trinajstić information content (AvgIpc) is 2.71. The Kier molecular flexibility index (Phi) is 6.42. The Morgan fingerprint density at radius 1 is 0.828 bits per heavy atom. The van der Waals surface area contributed by atoms with Crippen LogP contribution in [0.25, 0.3) is 12.2 Å².